The third kappa shape index (κ3) is 2.85. The number of nitrogens with zero attached hydrogens (tertiary/aromatic N) is 2. The first kappa shape index (κ1) is 14.2. The van der Waals surface area contributed by atoms with E-state index in [1.165, 1.54) is 5.69 Å². The van der Waals surface area contributed by atoms with Gasteiger partial charge >= 0.3 is 0 Å². The average molecular weight is 264 g/mol. The number of aliphatic hydroxyl groups is 1. The largest absolute Gasteiger partial charge is 0.497 e. The molecule has 0 saturated carbocycles. The van der Waals surface area contributed by atoms with Crippen molar-refractivity contribution in [2.45, 2.75) is 18.4 Å². The van der Waals surface area contributed by atoms with Crippen LogP contribution in [-0.2, 0) is 0 Å². The molecular formula is C15H24N2O2. The fraction of sp³-hybridized carbons (Fsp3) is 0.600. The van der Waals surface area contributed by atoms with Crippen LogP contribution in [0.3, 0.4) is 0 Å². The number of rotatable bonds is 4. The monoisotopic (exact) mass is 264 g/mol. The van der Waals surface area contributed by atoms with Crippen LogP contribution in [0, 0.1) is 0 Å². The van der Waals surface area contributed by atoms with Gasteiger partial charge < -0.3 is 14.7 Å². The molecule has 2 rings (SSSR count). The van der Waals surface area contributed by atoms with Gasteiger partial charge in [-0.05, 0) is 39.1 Å². The lowest BCUT2D eigenvalue weighted by Crippen LogP contribution is -2.58. The van der Waals surface area contributed by atoms with E-state index in [9.17, 15) is 5.11 Å². The van der Waals surface area contributed by atoms with Gasteiger partial charge in [0.25, 0.3) is 0 Å². The molecule has 0 radical (unpaired) electrons. The molecule has 1 aliphatic rings. The Hall–Kier alpha value is -1.26. The van der Waals surface area contributed by atoms with Crippen molar-refractivity contribution in [2.75, 3.05) is 45.8 Å². The van der Waals surface area contributed by atoms with E-state index in [1.807, 2.05) is 26.2 Å². The van der Waals surface area contributed by atoms with E-state index < -0.39 is 0 Å². The predicted octanol–water partition coefficient (Wildman–Crippen LogP) is 1.59. The molecule has 106 valence electrons. The van der Waals surface area contributed by atoms with Crippen molar-refractivity contribution in [3.8, 4) is 5.75 Å². The molecule has 0 amide bonds. The quantitative estimate of drug-likeness (QED) is 0.896. The van der Waals surface area contributed by atoms with Gasteiger partial charge in [0.2, 0.25) is 0 Å². The minimum Gasteiger partial charge on any atom is -0.497 e. The number of benzene rings is 1. The molecule has 1 aromatic carbocycles. The van der Waals surface area contributed by atoms with E-state index in [2.05, 4.69) is 21.9 Å². The van der Waals surface area contributed by atoms with E-state index in [4.69, 9.17) is 4.74 Å². The second-order valence-corrected chi connectivity index (χ2v) is 5.50. The number of hydrogen-bond acceptors (Lipinski definition) is 4. The first-order chi connectivity index (χ1) is 9.11. The Morgan fingerprint density at radius 1 is 1.42 bits per heavy atom. The van der Waals surface area contributed by atoms with Crippen molar-refractivity contribution < 1.29 is 9.84 Å². The van der Waals surface area contributed by atoms with E-state index in [0.717, 1.165) is 31.7 Å². The van der Waals surface area contributed by atoms with Crippen LogP contribution in [0.5, 0.6) is 5.75 Å². The van der Waals surface area contributed by atoms with Gasteiger partial charge in [-0.2, -0.15) is 0 Å². The van der Waals surface area contributed by atoms with Crippen LogP contribution in [-0.4, -0.2) is 56.4 Å². The van der Waals surface area contributed by atoms with Gasteiger partial charge in [-0.1, -0.05) is 6.07 Å². The molecule has 1 aliphatic heterocycles. The highest BCUT2D eigenvalue weighted by atomic mass is 16.5. The van der Waals surface area contributed by atoms with Crippen molar-refractivity contribution in [1.82, 2.24) is 4.90 Å². The molecule has 1 aromatic rings. The zero-order chi connectivity index (χ0) is 13.9. The second kappa shape index (κ2) is 5.80. The van der Waals surface area contributed by atoms with Crippen LogP contribution in [0.4, 0.5) is 5.69 Å². The fourth-order valence-corrected chi connectivity index (χ4v) is 2.78. The van der Waals surface area contributed by atoms with Crippen molar-refractivity contribution in [3.05, 3.63) is 24.3 Å². The molecule has 1 atom stereocenters. The number of hydrogen-bond donors (Lipinski definition) is 1. The van der Waals surface area contributed by atoms with Gasteiger partial charge in [-0.25, -0.2) is 0 Å². The summed E-state index contributed by atoms with van der Waals surface area (Å²) in [5, 5.41) is 9.78. The maximum Gasteiger partial charge on any atom is 0.120 e. The second-order valence-electron chi connectivity index (χ2n) is 5.50. The van der Waals surface area contributed by atoms with Crippen LogP contribution in [0.25, 0.3) is 0 Å². The van der Waals surface area contributed by atoms with Crippen molar-refractivity contribution in [2.24, 2.45) is 0 Å². The Kier molecular flexibility index (Phi) is 4.32. The summed E-state index contributed by atoms with van der Waals surface area (Å²) in [5.74, 6) is 0.877. The van der Waals surface area contributed by atoms with E-state index >= 15 is 0 Å². The van der Waals surface area contributed by atoms with Gasteiger partial charge in [-0.3, -0.25) is 4.90 Å². The highest BCUT2D eigenvalue weighted by Gasteiger charge is 2.37. The summed E-state index contributed by atoms with van der Waals surface area (Å²) < 4.78 is 5.28. The zero-order valence-electron chi connectivity index (χ0n) is 12.1. The molecule has 0 bridgehead atoms. The molecule has 1 unspecified atom stereocenters. The SMILES string of the molecule is COc1cccc(N2CCCC(CO)(N(C)C)C2)c1. The number of ether oxygens (including phenoxy) is 1. The van der Waals surface area contributed by atoms with Gasteiger partial charge in [0.05, 0.1) is 19.3 Å². The van der Waals surface area contributed by atoms with Crippen molar-refractivity contribution in [3.63, 3.8) is 0 Å². The number of likely N-dealkylation sites (N-methyl/N-ethyl adjacent to an activating group) is 1. The summed E-state index contributed by atoms with van der Waals surface area (Å²) in [5.41, 5.74) is 1.03. The zero-order valence-corrected chi connectivity index (χ0v) is 12.1. The summed E-state index contributed by atoms with van der Waals surface area (Å²) in [4.78, 5) is 4.49. The summed E-state index contributed by atoms with van der Waals surface area (Å²) in [6, 6.07) is 8.13. The Bertz CT molecular complexity index is 422. The molecule has 0 spiro atoms. The molecule has 4 nitrogen and oxygen atoms in total. The van der Waals surface area contributed by atoms with E-state index in [-0.39, 0.29) is 12.1 Å². The number of methoxy groups -OCH3 is 1. The maximum atomic E-state index is 9.78. The summed E-state index contributed by atoms with van der Waals surface area (Å²) in [6.45, 7) is 2.08. The predicted molar refractivity (Wildman–Crippen MR) is 77.9 cm³/mol. The van der Waals surface area contributed by atoms with E-state index in [1.54, 1.807) is 7.11 Å². The molecule has 4 heteroatoms. The smallest absolute Gasteiger partial charge is 0.120 e. The summed E-state index contributed by atoms with van der Waals surface area (Å²) >= 11 is 0. The third-order valence-electron chi connectivity index (χ3n) is 4.22. The van der Waals surface area contributed by atoms with Crippen LogP contribution in [0.15, 0.2) is 24.3 Å². The minimum atomic E-state index is -0.138. The average Bonchev–Trinajstić information content (AvgIpc) is 2.47. The first-order valence-electron chi connectivity index (χ1n) is 6.78. The molecule has 1 saturated heterocycles. The van der Waals surface area contributed by atoms with Gasteiger partial charge in [0.15, 0.2) is 0 Å². The van der Waals surface area contributed by atoms with E-state index in [0.29, 0.717) is 0 Å². The summed E-state index contributed by atoms with van der Waals surface area (Å²) in [6.07, 6.45) is 2.13. The van der Waals surface area contributed by atoms with Gasteiger partial charge in [0.1, 0.15) is 5.75 Å². The molecule has 1 N–H and O–H groups in total. The van der Waals surface area contributed by atoms with Gasteiger partial charge in [0, 0.05) is 24.8 Å². The number of aliphatic hydroxyl groups excluding tert-OH is 1. The van der Waals surface area contributed by atoms with Gasteiger partial charge in [-0.15, -0.1) is 0 Å². The highest BCUT2D eigenvalue weighted by Crippen LogP contribution is 2.30. The molecule has 0 aromatic heterocycles. The Morgan fingerprint density at radius 2 is 2.21 bits per heavy atom. The Balaban J connectivity index is 2.20. The maximum absolute atomic E-state index is 9.78. The summed E-state index contributed by atoms with van der Waals surface area (Å²) in [7, 11) is 5.78. The molecular weight excluding hydrogens is 240 g/mol. The number of piperidine rings is 1. The highest BCUT2D eigenvalue weighted by molar-refractivity contribution is 5.51. The third-order valence-corrected chi connectivity index (χ3v) is 4.22. The normalized spacial score (nSPS) is 23.7. The van der Waals surface area contributed by atoms with Crippen LogP contribution >= 0.6 is 0 Å². The Labute approximate surface area is 115 Å². The minimum absolute atomic E-state index is 0.138. The van der Waals surface area contributed by atoms with Crippen molar-refractivity contribution in [1.29, 1.82) is 0 Å². The van der Waals surface area contributed by atoms with Crippen LogP contribution in [0.2, 0.25) is 0 Å². The molecule has 19 heavy (non-hydrogen) atoms. The van der Waals surface area contributed by atoms with Crippen LogP contribution < -0.4 is 9.64 Å². The lowest BCUT2D eigenvalue weighted by Gasteiger charge is -2.46. The lowest BCUT2D eigenvalue weighted by atomic mass is 9.88. The number of anilines is 1. The standard InChI is InChI=1S/C15H24N2O2/c1-16(2)15(12-18)8-5-9-17(11-15)13-6-4-7-14(10-13)19-3/h4,6-7,10,18H,5,8-9,11-12H2,1-3H3. The topological polar surface area (TPSA) is 35.9 Å². The van der Waals surface area contributed by atoms with Crippen molar-refractivity contribution >= 4 is 5.69 Å². The van der Waals surface area contributed by atoms with Crippen LogP contribution in [0.1, 0.15) is 12.8 Å². The Morgan fingerprint density at radius 3 is 2.84 bits per heavy atom. The molecule has 0 aliphatic carbocycles. The first-order valence-corrected chi connectivity index (χ1v) is 6.78. The molecule has 1 fully saturated rings. The molecule has 1 heterocycles. The lowest BCUT2D eigenvalue weighted by molar-refractivity contribution is 0.0547. The fourth-order valence-electron chi connectivity index (χ4n) is 2.78.